The molecule has 0 bridgehead atoms. The second kappa shape index (κ2) is 7.95. The van der Waals surface area contributed by atoms with Gasteiger partial charge in [-0.05, 0) is 29.8 Å². The lowest BCUT2D eigenvalue weighted by atomic mass is 9.76. The number of rotatable bonds is 3. The summed E-state index contributed by atoms with van der Waals surface area (Å²) in [5.41, 5.74) is 0.253. The molecule has 1 spiro atoms. The third kappa shape index (κ3) is 3.09. The van der Waals surface area contributed by atoms with Crippen LogP contribution in [-0.2, 0) is 19.1 Å². The number of Topliss-reactive ketones (excluding diaryl/α,β-unsaturated/α-hetero) is 1. The maximum Gasteiger partial charge on any atom is 0.314 e. The minimum Gasteiger partial charge on any atom is -0.454 e. The predicted octanol–water partition coefficient (Wildman–Crippen LogP) is 4.90. The Morgan fingerprint density at radius 3 is 2.59 bits per heavy atom. The number of halogens is 2. The molecule has 2 saturated heterocycles. The molecule has 8 nitrogen and oxygen atoms in total. The van der Waals surface area contributed by atoms with Crippen LogP contribution in [0.25, 0.3) is 0 Å². The number of nitrogens with one attached hydrogen (secondary N) is 1. The molecule has 7 rings (SSSR count). The molecule has 1 amide bonds. The summed E-state index contributed by atoms with van der Waals surface area (Å²) in [7, 11) is 0. The minimum absolute atomic E-state index is 0.0864. The third-order valence-corrected chi connectivity index (χ3v) is 8.14. The smallest absolute Gasteiger partial charge is 0.314 e. The van der Waals surface area contributed by atoms with Crippen LogP contribution in [0.1, 0.15) is 33.7 Å². The molecular formula is C27H17Cl2NO7. The first-order valence-electron chi connectivity index (χ1n) is 11.6. The Balaban J connectivity index is 1.33. The highest BCUT2D eigenvalue weighted by Gasteiger charge is 2.76. The molecule has 37 heavy (non-hydrogen) atoms. The van der Waals surface area contributed by atoms with Gasteiger partial charge in [-0.2, -0.15) is 0 Å². The van der Waals surface area contributed by atoms with Gasteiger partial charge in [0.05, 0.1) is 22.1 Å². The van der Waals surface area contributed by atoms with Gasteiger partial charge in [0, 0.05) is 22.9 Å². The van der Waals surface area contributed by atoms with E-state index in [-0.39, 0.29) is 17.6 Å². The number of ether oxygens (including phenoxy) is 4. The minimum atomic E-state index is -1.67. The van der Waals surface area contributed by atoms with Gasteiger partial charge in [-0.1, -0.05) is 53.5 Å². The van der Waals surface area contributed by atoms with Crippen molar-refractivity contribution in [3.05, 3.63) is 87.4 Å². The molecule has 3 aromatic rings. The van der Waals surface area contributed by atoms with E-state index in [9.17, 15) is 14.4 Å². The van der Waals surface area contributed by atoms with Crippen LogP contribution in [0.2, 0.25) is 10.0 Å². The van der Waals surface area contributed by atoms with Crippen molar-refractivity contribution in [3.8, 4) is 11.5 Å². The number of hydrogen-bond acceptors (Lipinski definition) is 7. The highest BCUT2D eigenvalue weighted by Crippen LogP contribution is 2.63. The van der Waals surface area contributed by atoms with Gasteiger partial charge in [-0.25, -0.2) is 0 Å². The molecule has 1 aliphatic carbocycles. The normalized spacial score (nSPS) is 28.5. The van der Waals surface area contributed by atoms with Gasteiger partial charge < -0.3 is 24.3 Å². The van der Waals surface area contributed by atoms with Crippen LogP contribution in [0, 0.1) is 11.8 Å². The molecule has 0 saturated carbocycles. The topological polar surface area (TPSA) is 100 Å². The maximum atomic E-state index is 13.9. The van der Waals surface area contributed by atoms with E-state index in [4.69, 9.17) is 42.1 Å². The van der Waals surface area contributed by atoms with Crippen molar-refractivity contribution in [1.29, 1.82) is 0 Å². The fraction of sp³-hybridized carbons (Fsp3) is 0.222. The van der Waals surface area contributed by atoms with E-state index in [1.54, 1.807) is 60.7 Å². The number of fused-ring (bicyclic) bond motifs is 3. The number of carbonyl (C=O) groups excluding carboxylic acids is 3. The summed E-state index contributed by atoms with van der Waals surface area (Å²) in [5, 5.41) is 3.43. The van der Waals surface area contributed by atoms with Crippen LogP contribution in [0.3, 0.4) is 0 Å². The first kappa shape index (κ1) is 22.6. The van der Waals surface area contributed by atoms with Crippen molar-refractivity contribution in [2.45, 2.75) is 17.8 Å². The summed E-state index contributed by atoms with van der Waals surface area (Å²) in [5.74, 6) is -2.79. The maximum absolute atomic E-state index is 13.9. The summed E-state index contributed by atoms with van der Waals surface area (Å²) >= 11 is 12.4. The van der Waals surface area contributed by atoms with Gasteiger partial charge in [-0.3, -0.25) is 14.4 Å². The van der Waals surface area contributed by atoms with E-state index in [1.165, 1.54) is 0 Å². The summed E-state index contributed by atoms with van der Waals surface area (Å²) in [6.07, 6.45) is -1.93. The molecule has 186 valence electrons. The quantitative estimate of drug-likeness (QED) is 0.474. The van der Waals surface area contributed by atoms with Crippen LogP contribution < -0.4 is 14.8 Å². The van der Waals surface area contributed by atoms with Crippen molar-refractivity contribution in [2.75, 3.05) is 12.1 Å². The van der Waals surface area contributed by atoms with Crippen molar-refractivity contribution >= 4 is 46.5 Å². The Hall–Kier alpha value is -3.59. The Bertz CT molecular complexity index is 1520. The first-order chi connectivity index (χ1) is 17.9. The summed E-state index contributed by atoms with van der Waals surface area (Å²) in [4.78, 5) is 41.0. The van der Waals surface area contributed by atoms with Gasteiger partial charge in [0.2, 0.25) is 12.7 Å². The second-order valence-electron chi connectivity index (χ2n) is 9.30. The lowest BCUT2D eigenvalue weighted by molar-refractivity contribution is -0.150. The zero-order valence-electron chi connectivity index (χ0n) is 18.9. The SMILES string of the molecule is O=C(Nc1ccc2c(c1)OCO2)[C@H]1[C@@H](c2ccc(Cl)c(Cl)c2)OC23C(=O)c4ccccc4C2OC(=O)[C@@H]13. The fourth-order valence-corrected chi connectivity index (χ4v) is 6.13. The Morgan fingerprint density at radius 2 is 1.76 bits per heavy atom. The van der Waals surface area contributed by atoms with Crippen molar-refractivity contribution in [1.82, 2.24) is 0 Å². The average molecular weight is 538 g/mol. The number of hydrogen-bond donors (Lipinski definition) is 1. The summed E-state index contributed by atoms with van der Waals surface area (Å²) < 4.78 is 22.9. The van der Waals surface area contributed by atoms with Crippen molar-refractivity contribution in [2.24, 2.45) is 11.8 Å². The molecule has 3 aromatic carbocycles. The number of anilines is 1. The first-order valence-corrected chi connectivity index (χ1v) is 12.3. The molecule has 2 fully saturated rings. The number of ketones is 1. The Morgan fingerprint density at radius 1 is 0.946 bits per heavy atom. The van der Waals surface area contributed by atoms with Gasteiger partial charge in [0.1, 0.15) is 5.92 Å². The zero-order chi connectivity index (χ0) is 25.5. The van der Waals surface area contributed by atoms with E-state index in [1.807, 2.05) is 0 Å². The Labute approximate surface area is 220 Å². The van der Waals surface area contributed by atoms with E-state index in [2.05, 4.69) is 5.32 Å². The zero-order valence-corrected chi connectivity index (χ0v) is 20.4. The molecule has 3 heterocycles. The molecule has 5 atom stereocenters. The van der Waals surface area contributed by atoms with Crippen LogP contribution >= 0.6 is 23.2 Å². The van der Waals surface area contributed by atoms with Crippen LogP contribution in [0.4, 0.5) is 5.69 Å². The number of esters is 1. The van der Waals surface area contributed by atoms with E-state index >= 15 is 0 Å². The third-order valence-electron chi connectivity index (χ3n) is 7.40. The standard InChI is InChI=1S/C27H17Cl2NO7/c28-16-7-5-12(9-17(16)29)22-20(25(32)30-13-6-8-18-19(10-13)35-11-34-18)21-26(33)36-24-15-4-2-1-3-14(15)23(31)27(21,24)37-22/h1-10,20-22,24H,11H2,(H,30,32)/t20-,21-,22-,24?,27?/m1/s1. The van der Waals surface area contributed by atoms with Crippen molar-refractivity contribution in [3.63, 3.8) is 0 Å². The largest absolute Gasteiger partial charge is 0.454 e. The van der Waals surface area contributed by atoms with Gasteiger partial charge in [0.25, 0.3) is 0 Å². The fourth-order valence-electron chi connectivity index (χ4n) is 5.83. The van der Waals surface area contributed by atoms with Crippen molar-refractivity contribution < 1.29 is 33.3 Å². The molecule has 4 aliphatic rings. The van der Waals surface area contributed by atoms with Gasteiger partial charge in [-0.15, -0.1) is 0 Å². The summed E-state index contributed by atoms with van der Waals surface area (Å²) in [6, 6.07) is 16.7. The van der Waals surface area contributed by atoms with Crippen LogP contribution in [-0.4, -0.2) is 30.1 Å². The highest BCUT2D eigenvalue weighted by atomic mass is 35.5. The molecule has 3 aliphatic heterocycles. The van der Waals surface area contributed by atoms with Crippen LogP contribution in [0.5, 0.6) is 11.5 Å². The lowest BCUT2D eigenvalue weighted by Crippen LogP contribution is -2.44. The number of benzene rings is 3. The monoisotopic (exact) mass is 537 g/mol. The molecular weight excluding hydrogens is 521 g/mol. The molecule has 10 heteroatoms. The lowest BCUT2D eigenvalue weighted by Gasteiger charge is -2.25. The van der Waals surface area contributed by atoms with E-state index < -0.39 is 41.5 Å². The highest BCUT2D eigenvalue weighted by molar-refractivity contribution is 6.42. The van der Waals surface area contributed by atoms with Gasteiger partial charge in [0.15, 0.2) is 29.0 Å². The molecule has 0 aromatic heterocycles. The average Bonchev–Trinajstić information content (AvgIpc) is 3.62. The van der Waals surface area contributed by atoms with Gasteiger partial charge >= 0.3 is 5.97 Å². The molecule has 1 N–H and O–H groups in total. The molecule has 0 radical (unpaired) electrons. The van der Waals surface area contributed by atoms with Crippen LogP contribution in [0.15, 0.2) is 60.7 Å². The number of amides is 1. The Kier molecular flexibility index (Phi) is 4.86. The van der Waals surface area contributed by atoms with E-state index in [0.29, 0.717) is 38.9 Å². The van der Waals surface area contributed by atoms with E-state index in [0.717, 1.165) is 0 Å². The molecule has 2 unspecified atom stereocenters. The number of carbonyl (C=O) groups is 3. The summed E-state index contributed by atoms with van der Waals surface area (Å²) in [6.45, 7) is 0.0864. The second-order valence-corrected chi connectivity index (χ2v) is 10.1. The predicted molar refractivity (Wildman–Crippen MR) is 131 cm³/mol.